The number of halogens is 3. The van der Waals surface area contributed by atoms with Crippen molar-refractivity contribution < 1.29 is 27.9 Å². The first-order valence-corrected chi connectivity index (χ1v) is 4.98. The molecule has 1 atom stereocenters. The number of nitrogens with one attached hydrogen (secondary N) is 1. The summed E-state index contributed by atoms with van der Waals surface area (Å²) in [5, 5.41) is 10.8. The summed E-state index contributed by atoms with van der Waals surface area (Å²) in [6.45, 7) is 1.04. The first-order chi connectivity index (χ1) is 7.67. The number of hydrogen-bond donors (Lipinski definition) is 2. The van der Waals surface area contributed by atoms with Gasteiger partial charge in [-0.25, -0.2) is 9.59 Å². The Bertz CT molecular complexity index is 281. The fraction of sp³-hybridized carbons (Fsp3) is 0.778. The molecule has 0 aliphatic rings. The Morgan fingerprint density at radius 3 is 2.29 bits per heavy atom. The van der Waals surface area contributed by atoms with Gasteiger partial charge in [0.2, 0.25) is 0 Å². The van der Waals surface area contributed by atoms with Crippen molar-refractivity contribution >= 4 is 12.0 Å². The Hall–Kier alpha value is -1.47. The number of aliphatic carboxylic acids is 1. The largest absolute Gasteiger partial charge is 0.480 e. The van der Waals surface area contributed by atoms with Crippen LogP contribution in [0.4, 0.5) is 18.0 Å². The highest BCUT2D eigenvalue weighted by atomic mass is 19.4. The molecule has 0 radical (unpaired) electrons. The first kappa shape index (κ1) is 15.5. The first-order valence-electron chi connectivity index (χ1n) is 4.98. The predicted octanol–water partition coefficient (Wildman–Crippen LogP) is 1.44. The minimum atomic E-state index is -4.34. The van der Waals surface area contributed by atoms with E-state index in [1.165, 1.54) is 7.05 Å². The third-order valence-electron chi connectivity index (χ3n) is 2.08. The van der Waals surface area contributed by atoms with Crippen molar-refractivity contribution in [3.8, 4) is 0 Å². The second kappa shape index (κ2) is 6.31. The summed E-state index contributed by atoms with van der Waals surface area (Å²) < 4.78 is 35.7. The number of alkyl halides is 3. The molecule has 0 aromatic heterocycles. The van der Waals surface area contributed by atoms with E-state index in [1.54, 1.807) is 6.92 Å². The van der Waals surface area contributed by atoms with Gasteiger partial charge in [0.15, 0.2) is 0 Å². The van der Waals surface area contributed by atoms with E-state index in [4.69, 9.17) is 5.11 Å². The Kier molecular flexibility index (Phi) is 5.77. The van der Waals surface area contributed by atoms with Gasteiger partial charge in [-0.15, -0.1) is 0 Å². The molecule has 0 fully saturated rings. The molecule has 0 aliphatic heterocycles. The highest BCUT2D eigenvalue weighted by molar-refractivity contribution is 5.82. The van der Waals surface area contributed by atoms with Crippen LogP contribution in [0.3, 0.4) is 0 Å². The Morgan fingerprint density at radius 2 is 1.94 bits per heavy atom. The van der Waals surface area contributed by atoms with E-state index in [9.17, 15) is 22.8 Å². The van der Waals surface area contributed by atoms with Crippen molar-refractivity contribution in [3.05, 3.63) is 0 Å². The standard InChI is InChI=1S/C9H15F3N2O3/c1-3-6(7(15)16)13-8(17)14(2)5-4-9(10,11)12/h6H,3-5H2,1-2H3,(H,13,17)(H,15,16)/t6-/m1/s1. The van der Waals surface area contributed by atoms with Crippen LogP contribution in [0.1, 0.15) is 19.8 Å². The summed E-state index contributed by atoms with van der Waals surface area (Å²) in [4.78, 5) is 22.7. The van der Waals surface area contributed by atoms with Crippen LogP contribution >= 0.6 is 0 Å². The molecule has 0 aliphatic carbocycles. The number of amides is 2. The lowest BCUT2D eigenvalue weighted by molar-refractivity contribution is -0.140. The van der Waals surface area contributed by atoms with Crippen LogP contribution in [0.2, 0.25) is 0 Å². The highest BCUT2D eigenvalue weighted by Gasteiger charge is 2.28. The van der Waals surface area contributed by atoms with Gasteiger partial charge in [0.25, 0.3) is 0 Å². The number of carboxylic acid groups (broad SMARTS) is 1. The Morgan fingerprint density at radius 1 is 1.41 bits per heavy atom. The molecule has 0 rings (SSSR count). The summed E-state index contributed by atoms with van der Waals surface area (Å²) in [5.74, 6) is -1.22. The summed E-state index contributed by atoms with van der Waals surface area (Å²) in [6, 6.07) is -1.92. The van der Waals surface area contributed by atoms with Crippen molar-refractivity contribution in [2.75, 3.05) is 13.6 Å². The zero-order chi connectivity index (χ0) is 13.6. The van der Waals surface area contributed by atoms with Gasteiger partial charge in [0.1, 0.15) is 6.04 Å². The van der Waals surface area contributed by atoms with Crippen LogP contribution in [0.15, 0.2) is 0 Å². The predicted molar refractivity (Wildman–Crippen MR) is 53.5 cm³/mol. The topological polar surface area (TPSA) is 69.6 Å². The van der Waals surface area contributed by atoms with Gasteiger partial charge >= 0.3 is 18.2 Å². The Balaban J connectivity index is 4.18. The summed E-state index contributed by atoms with van der Waals surface area (Å²) >= 11 is 0. The van der Waals surface area contributed by atoms with Gasteiger partial charge < -0.3 is 15.3 Å². The van der Waals surface area contributed by atoms with Gasteiger partial charge in [-0.05, 0) is 6.42 Å². The average Bonchev–Trinajstić information content (AvgIpc) is 2.20. The van der Waals surface area contributed by atoms with E-state index in [0.717, 1.165) is 4.90 Å². The lowest BCUT2D eigenvalue weighted by atomic mass is 10.2. The molecule has 0 bridgehead atoms. The molecule has 0 aromatic rings. The second-order valence-electron chi connectivity index (χ2n) is 3.54. The number of carboxylic acids is 1. The molecule has 0 aromatic carbocycles. The van der Waals surface area contributed by atoms with Crippen molar-refractivity contribution in [2.45, 2.75) is 32.0 Å². The van der Waals surface area contributed by atoms with E-state index in [0.29, 0.717) is 0 Å². The lowest BCUT2D eigenvalue weighted by Crippen LogP contribution is -2.47. The zero-order valence-electron chi connectivity index (χ0n) is 9.54. The maximum Gasteiger partial charge on any atom is 0.390 e. The second-order valence-corrected chi connectivity index (χ2v) is 3.54. The quantitative estimate of drug-likeness (QED) is 0.782. The van der Waals surface area contributed by atoms with Crippen molar-refractivity contribution in [3.63, 3.8) is 0 Å². The molecule has 2 amide bonds. The molecular weight excluding hydrogens is 241 g/mol. The molecule has 2 N–H and O–H groups in total. The number of rotatable bonds is 5. The fourth-order valence-electron chi connectivity index (χ4n) is 0.994. The maximum atomic E-state index is 11.9. The van der Waals surface area contributed by atoms with E-state index in [1.807, 2.05) is 0 Å². The van der Waals surface area contributed by atoms with Crippen LogP contribution < -0.4 is 5.32 Å². The van der Waals surface area contributed by atoms with Crippen LogP contribution in [0.5, 0.6) is 0 Å². The van der Waals surface area contributed by atoms with Gasteiger partial charge in [0.05, 0.1) is 6.42 Å². The van der Waals surface area contributed by atoms with E-state index in [2.05, 4.69) is 5.32 Å². The SMILES string of the molecule is CC[C@@H](NC(=O)N(C)CCC(F)(F)F)C(=O)O. The molecule has 100 valence electrons. The number of carbonyl (C=O) groups is 2. The van der Waals surface area contributed by atoms with E-state index >= 15 is 0 Å². The molecule has 0 saturated carbocycles. The fourth-order valence-corrected chi connectivity index (χ4v) is 0.994. The van der Waals surface area contributed by atoms with Gasteiger partial charge in [0, 0.05) is 13.6 Å². The third-order valence-corrected chi connectivity index (χ3v) is 2.08. The highest BCUT2D eigenvalue weighted by Crippen LogP contribution is 2.19. The van der Waals surface area contributed by atoms with Gasteiger partial charge in [-0.1, -0.05) is 6.92 Å². The van der Waals surface area contributed by atoms with Gasteiger partial charge in [-0.2, -0.15) is 13.2 Å². The maximum absolute atomic E-state index is 11.9. The van der Waals surface area contributed by atoms with Crippen LogP contribution in [0.25, 0.3) is 0 Å². The minimum Gasteiger partial charge on any atom is -0.480 e. The van der Waals surface area contributed by atoms with Gasteiger partial charge in [-0.3, -0.25) is 0 Å². The summed E-state index contributed by atoms with van der Waals surface area (Å²) in [7, 11) is 1.18. The number of nitrogens with zero attached hydrogens (tertiary/aromatic N) is 1. The molecule has 0 unspecified atom stereocenters. The molecule has 0 heterocycles. The Labute approximate surface area is 96.6 Å². The minimum absolute atomic E-state index is 0.161. The van der Waals surface area contributed by atoms with E-state index in [-0.39, 0.29) is 6.42 Å². The number of hydrogen-bond acceptors (Lipinski definition) is 2. The monoisotopic (exact) mass is 256 g/mol. The number of urea groups is 1. The van der Waals surface area contributed by atoms with Crippen LogP contribution in [0, 0.1) is 0 Å². The molecule has 0 spiro atoms. The zero-order valence-corrected chi connectivity index (χ0v) is 9.54. The van der Waals surface area contributed by atoms with Crippen molar-refractivity contribution in [1.29, 1.82) is 0 Å². The number of carbonyl (C=O) groups excluding carboxylic acids is 1. The summed E-state index contributed by atoms with van der Waals surface area (Å²) in [6.07, 6.45) is -5.31. The molecule has 8 heteroatoms. The molecule has 0 saturated heterocycles. The van der Waals surface area contributed by atoms with Crippen molar-refractivity contribution in [1.82, 2.24) is 10.2 Å². The molecule has 5 nitrogen and oxygen atoms in total. The third kappa shape index (κ3) is 6.64. The van der Waals surface area contributed by atoms with E-state index < -0.39 is 37.2 Å². The van der Waals surface area contributed by atoms with Crippen LogP contribution in [-0.4, -0.2) is 47.8 Å². The molecular formula is C9H15F3N2O3. The van der Waals surface area contributed by atoms with Crippen LogP contribution in [-0.2, 0) is 4.79 Å². The van der Waals surface area contributed by atoms with Crippen molar-refractivity contribution in [2.24, 2.45) is 0 Å². The lowest BCUT2D eigenvalue weighted by Gasteiger charge is -2.21. The smallest absolute Gasteiger partial charge is 0.390 e. The average molecular weight is 256 g/mol. The normalized spacial score (nSPS) is 13.0. The molecule has 17 heavy (non-hydrogen) atoms. The summed E-state index contributed by atoms with van der Waals surface area (Å²) in [5.41, 5.74) is 0.